The number of carboxylic acids is 1. The van der Waals surface area contributed by atoms with Crippen molar-refractivity contribution >= 4 is 11.8 Å². The molecule has 1 heterocycles. The molecule has 1 rings (SSSR count). The lowest BCUT2D eigenvalue weighted by Crippen LogP contribution is -2.07. The first-order valence-corrected chi connectivity index (χ1v) is 5.69. The number of rotatable bonds is 7. The molecule has 0 fully saturated rings. The number of H-pyrrole nitrogens is 1. The third-order valence-corrected chi connectivity index (χ3v) is 2.48. The highest BCUT2D eigenvalue weighted by Crippen LogP contribution is 2.15. The summed E-state index contributed by atoms with van der Waals surface area (Å²) in [6.45, 7) is 4.64. The molecule has 90 valence electrons. The maximum Gasteiger partial charge on any atom is 0.341 e. The van der Waals surface area contributed by atoms with Gasteiger partial charge in [0.25, 0.3) is 0 Å². The van der Waals surface area contributed by atoms with Crippen molar-refractivity contribution < 1.29 is 9.90 Å². The van der Waals surface area contributed by atoms with Crippen molar-refractivity contribution in [3.05, 3.63) is 11.3 Å². The van der Waals surface area contributed by atoms with Crippen LogP contribution in [-0.4, -0.2) is 27.8 Å². The fraction of sp³-hybridized carbons (Fsp3) is 0.636. The quantitative estimate of drug-likeness (QED) is 0.623. The smallest absolute Gasteiger partial charge is 0.341 e. The Bertz CT molecular complexity index is 347. The minimum atomic E-state index is -0.942. The van der Waals surface area contributed by atoms with Gasteiger partial charge in [-0.1, -0.05) is 26.2 Å². The second-order valence-electron chi connectivity index (χ2n) is 3.86. The van der Waals surface area contributed by atoms with Crippen molar-refractivity contribution in [3.8, 4) is 0 Å². The van der Waals surface area contributed by atoms with Gasteiger partial charge in [0.2, 0.25) is 0 Å². The van der Waals surface area contributed by atoms with Crippen LogP contribution in [0.4, 0.5) is 5.82 Å². The van der Waals surface area contributed by atoms with Gasteiger partial charge in [-0.15, -0.1) is 0 Å². The first-order valence-electron chi connectivity index (χ1n) is 5.69. The monoisotopic (exact) mass is 225 g/mol. The molecule has 0 amide bonds. The summed E-state index contributed by atoms with van der Waals surface area (Å²) in [5.41, 5.74) is 0.832. The van der Waals surface area contributed by atoms with Crippen molar-refractivity contribution in [2.24, 2.45) is 0 Å². The fourth-order valence-corrected chi connectivity index (χ4v) is 1.58. The van der Waals surface area contributed by atoms with Crippen LogP contribution in [0, 0.1) is 6.92 Å². The zero-order valence-corrected chi connectivity index (χ0v) is 9.84. The third-order valence-electron chi connectivity index (χ3n) is 2.48. The SMILES string of the molecule is CCCCCCNc1n[nH]c(C)c1C(=O)O. The standard InChI is InChI=1S/C11H19N3O2/c1-3-4-5-6-7-12-10-9(11(15)16)8(2)13-14-10/h3-7H2,1-2H3,(H,15,16)(H2,12,13,14). The Morgan fingerprint density at radius 3 is 2.81 bits per heavy atom. The maximum atomic E-state index is 10.9. The Kier molecular flexibility index (Phi) is 4.82. The lowest BCUT2D eigenvalue weighted by molar-refractivity contribution is 0.0697. The van der Waals surface area contributed by atoms with Gasteiger partial charge in [-0.3, -0.25) is 5.10 Å². The lowest BCUT2D eigenvalue weighted by atomic mass is 10.2. The Morgan fingerprint density at radius 2 is 2.19 bits per heavy atom. The van der Waals surface area contributed by atoms with E-state index < -0.39 is 5.97 Å². The van der Waals surface area contributed by atoms with E-state index in [4.69, 9.17) is 5.11 Å². The molecule has 0 radical (unpaired) electrons. The Labute approximate surface area is 95.3 Å². The summed E-state index contributed by atoms with van der Waals surface area (Å²) in [7, 11) is 0. The van der Waals surface area contributed by atoms with E-state index in [0.717, 1.165) is 19.4 Å². The number of nitrogens with zero attached hydrogens (tertiary/aromatic N) is 1. The molecule has 1 aromatic rings. The Morgan fingerprint density at radius 1 is 1.44 bits per heavy atom. The Balaban J connectivity index is 2.45. The first-order chi connectivity index (χ1) is 7.66. The van der Waals surface area contributed by atoms with Crippen LogP contribution in [0.1, 0.15) is 48.7 Å². The lowest BCUT2D eigenvalue weighted by Gasteiger charge is -2.03. The number of carbonyl (C=O) groups is 1. The molecule has 0 spiro atoms. The Hall–Kier alpha value is -1.52. The average molecular weight is 225 g/mol. The van der Waals surface area contributed by atoms with Gasteiger partial charge in [-0.05, 0) is 13.3 Å². The summed E-state index contributed by atoms with van der Waals surface area (Å²) < 4.78 is 0. The van der Waals surface area contributed by atoms with Crippen LogP contribution >= 0.6 is 0 Å². The normalized spacial score (nSPS) is 10.4. The van der Waals surface area contributed by atoms with E-state index in [0.29, 0.717) is 11.5 Å². The molecule has 0 bridgehead atoms. The molecule has 1 aromatic heterocycles. The fourth-order valence-electron chi connectivity index (χ4n) is 1.58. The molecule has 0 aromatic carbocycles. The molecule has 0 atom stereocenters. The topological polar surface area (TPSA) is 78.0 Å². The third kappa shape index (κ3) is 3.25. The number of unbranched alkanes of at least 4 members (excludes halogenated alkanes) is 3. The van der Waals surface area contributed by atoms with E-state index in [-0.39, 0.29) is 5.56 Å². The minimum Gasteiger partial charge on any atom is -0.477 e. The highest BCUT2D eigenvalue weighted by molar-refractivity contribution is 5.94. The van der Waals surface area contributed by atoms with Crippen molar-refractivity contribution in [3.63, 3.8) is 0 Å². The largest absolute Gasteiger partial charge is 0.477 e. The molecule has 0 saturated carbocycles. The van der Waals surface area contributed by atoms with E-state index in [2.05, 4.69) is 22.4 Å². The number of aromatic amines is 1. The summed E-state index contributed by atoms with van der Waals surface area (Å²) in [6, 6.07) is 0. The summed E-state index contributed by atoms with van der Waals surface area (Å²) >= 11 is 0. The van der Waals surface area contributed by atoms with Gasteiger partial charge in [0.1, 0.15) is 5.56 Å². The van der Waals surface area contributed by atoms with Crippen LogP contribution < -0.4 is 5.32 Å². The molecule has 3 N–H and O–H groups in total. The van der Waals surface area contributed by atoms with Gasteiger partial charge in [-0.25, -0.2) is 4.79 Å². The molecule has 5 heteroatoms. The second kappa shape index (κ2) is 6.15. The van der Waals surface area contributed by atoms with Crippen LogP contribution in [0.5, 0.6) is 0 Å². The summed E-state index contributed by atoms with van der Waals surface area (Å²) in [6.07, 6.45) is 4.61. The molecule has 0 unspecified atom stereocenters. The van der Waals surface area contributed by atoms with Crippen molar-refractivity contribution in [2.45, 2.75) is 39.5 Å². The number of aromatic nitrogens is 2. The molecule has 0 saturated heterocycles. The number of aryl methyl sites for hydroxylation is 1. The van der Waals surface area contributed by atoms with Crippen LogP contribution in [0.3, 0.4) is 0 Å². The van der Waals surface area contributed by atoms with E-state index in [1.165, 1.54) is 12.8 Å². The predicted octanol–water partition coefficient (Wildman–Crippen LogP) is 2.41. The highest BCUT2D eigenvalue weighted by Gasteiger charge is 2.16. The van der Waals surface area contributed by atoms with Crippen LogP contribution in [-0.2, 0) is 0 Å². The number of hydrogen-bond acceptors (Lipinski definition) is 3. The van der Waals surface area contributed by atoms with Crippen LogP contribution in [0.25, 0.3) is 0 Å². The van der Waals surface area contributed by atoms with Crippen molar-refractivity contribution in [1.29, 1.82) is 0 Å². The zero-order chi connectivity index (χ0) is 12.0. The molecule has 0 aliphatic rings. The second-order valence-corrected chi connectivity index (χ2v) is 3.86. The van der Waals surface area contributed by atoms with E-state index in [1.54, 1.807) is 6.92 Å². The molecule has 0 aliphatic heterocycles. The van der Waals surface area contributed by atoms with Gasteiger partial charge >= 0.3 is 5.97 Å². The summed E-state index contributed by atoms with van der Waals surface area (Å²) in [5.74, 6) is -0.496. The highest BCUT2D eigenvalue weighted by atomic mass is 16.4. The molecule has 0 aliphatic carbocycles. The molecular weight excluding hydrogens is 206 g/mol. The number of anilines is 1. The van der Waals surface area contributed by atoms with E-state index in [1.807, 2.05) is 0 Å². The van der Waals surface area contributed by atoms with Crippen molar-refractivity contribution in [2.75, 3.05) is 11.9 Å². The van der Waals surface area contributed by atoms with Gasteiger partial charge in [0, 0.05) is 12.2 Å². The number of hydrogen-bond donors (Lipinski definition) is 3. The van der Waals surface area contributed by atoms with Crippen LogP contribution in [0.2, 0.25) is 0 Å². The maximum absolute atomic E-state index is 10.9. The van der Waals surface area contributed by atoms with Crippen LogP contribution in [0.15, 0.2) is 0 Å². The molecule has 5 nitrogen and oxygen atoms in total. The van der Waals surface area contributed by atoms with Gasteiger partial charge < -0.3 is 10.4 Å². The zero-order valence-electron chi connectivity index (χ0n) is 9.84. The minimum absolute atomic E-state index is 0.246. The van der Waals surface area contributed by atoms with Gasteiger partial charge in [-0.2, -0.15) is 5.10 Å². The van der Waals surface area contributed by atoms with Crippen molar-refractivity contribution in [1.82, 2.24) is 10.2 Å². The molecular formula is C11H19N3O2. The summed E-state index contributed by atoms with van der Waals surface area (Å²) in [4.78, 5) is 10.9. The average Bonchev–Trinajstić information content (AvgIpc) is 2.59. The van der Waals surface area contributed by atoms with E-state index >= 15 is 0 Å². The summed E-state index contributed by atoms with van der Waals surface area (Å²) in [5, 5.41) is 18.6. The van der Waals surface area contributed by atoms with E-state index in [9.17, 15) is 4.79 Å². The number of nitrogens with one attached hydrogen (secondary N) is 2. The number of aromatic carboxylic acids is 1. The first kappa shape index (κ1) is 12.5. The van der Waals surface area contributed by atoms with Gasteiger partial charge in [0.15, 0.2) is 5.82 Å². The predicted molar refractivity (Wildman–Crippen MR) is 62.9 cm³/mol. The number of carboxylic acid groups (broad SMARTS) is 1. The molecule has 16 heavy (non-hydrogen) atoms. The van der Waals surface area contributed by atoms with Gasteiger partial charge in [0.05, 0.1) is 0 Å².